The van der Waals surface area contributed by atoms with Crippen molar-refractivity contribution in [1.29, 1.82) is 0 Å². The predicted molar refractivity (Wildman–Crippen MR) is 136 cm³/mol. The van der Waals surface area contributed by atoms with Gasteiger partial charge in [0.05, 0.1) is 24.3 Å². The zero-order chi connectivity index (χ0) is 24.5. The summed E-state index contributed by atoms with van der Waals surface area (Å²) in [5.74, 6) is 0. The van der Waals surface area contributed by atoms with E-state index in [0.717, 1.165) is 24.2 Å². The minimum Gasteiger partial charge on any atom is -0.377 e. The highest BCUT2D eigenvalue weighted by molar-refractivity contribution is 7.89. The van der Waals surface area contributed by atoms with E-state index in [1.807, 2.05) is 50.3 Å². The molecule has 0 aliphatic rings. The maximum absolute atomic E-state index is 13.0. The lowest BCUT2D eigenvalue weighted by Crippen LogP contribution is -2.29. The fourth-order valence-electron chi connectivity index (χ4n) is 3.73. The van der Waals surface area contributed by atoms with Gasteiger partial charge in [0, 0.05) is 37.1 Å². The number of benzene rings is 2. The van der Waals surface area contributed by atoms with Crippen LogP contribution in [0.4, 0.5) is 5.69 Å². The number of rotatable bonds is 15. The van der Waals surface area contributed by atoms with Crippen molar-refractivity contribution in [2.45, 2.75) is 31.6 Å². The Balaban J connectivity index is 1.88. The van der Waals surface area contributed by atoms with Crippen molar-refractivity contribution in [2.75, 3.05) is 65.1 Å². The first-order valence-corrected chi connectivity index (χ1v) is 14.6. The molecule has 186 valence electrons. The number of nitrogens with zero attached hydrogens (tertiary/aromatic N) is 2. The van der Waals surface area contributed by atoms with E-state index in [-0.39, 0.29) is 0 Å². The van der Waals surface area contributed by atoms with Crippen molar-refractivity contribution in [2.24, 2.45) is 0 Å². The Kier molecular flexibility index (Phi) is 10.8. The minimum absolute atomic E-state index is 0.291. The molecule has 0 saturated heterocycles. The second-order valence-corrected chi connectivity index (χ2v) is 12.0. The Morgan fingerprint density at radius 1 is 0.909 bits per heavy atom. The number of fused-ring (bicyclic) bond motifs is 1. The zero-order valence-corrected chi connectivity index (χ0v) is 22.1. The van der Waals surface area contributed by atoms with Gasteiger partial charge in [-0.25, -0.2) is 13.1 Å². The molecule has 0 fully saturated rings. The Morgan fingerprint density at radius 3 is 2.15 bits per heavy atom. The van der Waals surface area contributed by atoms with Gasteiger partial charge in [-0.05, 0) is 59.0 Å². The molecule has 0 aliphatic carbocycles. The van der Waals surface area contributed by atoms with Crippen LogP contribution in [0.25, 0.3) is 10.8 Å². The highest BCUT2D eigenvalue weighted by atomic mass is 32.2. The van der Waals surface area contributed by atoms with Gasteiger partial charge in [-0.2, -0.15) is 0 Å². The third-order valence-corrected chi connectivity index (χ3v) is 8.95. The number of hydrogen-bond donors (Lipinski definition) is 1. The molecule has 0 aromatic heterocycles. The number of hydrogen-bond acceptors (Lipinski definition) is 7. The molecule has 2 rings (SSSR count). The van der Waals surface area contributed by atoms with Crippen molar-refractivity contribution >= 4 is 34.1 Å². The second-order valence-electron chi connectivity index (χ2n) is 8.10. The van der Waals surface area contributed by atoms with Gasteiger partial charge in [0.1, 0.15) is 0 Å². The Bertz CT molecular complexity index is 1040. The van der Waals surface area contributed by atoms with Gasteiger partial charge in [-0.15, -0.1) is 0 Å². The molecule has 8 nitrogen and oxygen atoms in total. The quantitative estimate of drug-likeness (QED) is 0.291. The summed E-state index contributed by atoms with van der Waals surface area (Å²) in [6.45, 7) is 6.12. The van der Waals surface area contributed by atoms with Gasteiger partial charge in [-0.3, -0.25) is 4.57 Å². The molecule has 2 aromatic rings. The summed E-state index contributed by atoms with van der Waals surface area (Å²) in [4.78, 5) is 4.36. The van der Waals surface area contributed by atoms with E-state index in [0.29, 0.717) is 49.0 Å². The van der Waals surface area contributed by atoms with Crippen LogP contribution in [0.15, 0.2) is 41.3 Å². The third kappa shape index (κ3) is 8.05. The van der Waals surface area contributed by atoms with E-state index in [9.17, 15) is 13.0 Å². The lowest BCUT2D eigenvalue weighted by atomic mass is 10.1. The first-order chi connectivity index (χ1) is 15.6. The number of sulfonamides is 1. The van der Waals surface area contributed by atoms with E-state index in [1.54, 1.807) is 26.0 Å². The highest BCUT2D eigenvalue weighted by Crippen LogP contribution is 2.48. The van der Waals surface area contributed by atoms with Crippen LogP contribution >= 0.6 is 7.60 Å². The summed E-state index contributed by atoms with van der Waals surface area (Å²) < 4.78 is 51.8. The van der Waals surface area contributed by atoms with Crippen molar-refractivity contribution in [3.63, 3.8) is 0 Å². The predicted octanol–water partition coefficient (Wildman–Crippen LogP) is 4.16. The molecule has 0 aliphatic heterocycles. The molecule has 1 N–H and O–H groups in total. The fraction of sp³-hybridized carbons (Fsp3) is 0.565. The van der Waals surface area contributed by atoms with E-state index in [1.165, 1.54) is 0 Å². The average molecular weight is 500 g/mol. The van der Waals surface area contributed by atoms with E-state index in [4.69, 9.17) is 9.05 Å². The molecular weight excluding hydrogens is 461 g/mol. The lowest BCUT2D eigenvalue weighted by Gasteiger charge is -2.20. The van der Waals surface area contributed by atoms with Crippen molar-refractivity contribution in [3.05, 3.63) is 36.4 Å². The summed E-state index contributed by atoms with van der Waals surface area (Å²) in [5, 5.41) is 1.61. The van der Waals surface area contributed by atoms with Crippen molar-refractivity contribution in [3.8, 4) is 0 Å². The van der Waals surface area contributed by atoms with Crippen LogP contribution in [0.2, 0.25) is 0 Å². The highest BCUT2D eigenvalue weighted by Gasteiger charge is 2.23. The average Bonchev–Trinajstić information content (AvgIpc) is 2.76. The second kappa shape index (κ2) is 12.8. The third-order valence-electron chi connectivity index (χ3n) is 5.26. The molecule has 0 atom stereocenters. The first-order valence-electron chi connectivity index (χ1n) is 11.4. The topological polar surface area (TPSA) is 88.2 Å². The van der Waals surface area contributed by atoms with Crippen LogP contribution in [0, 0.1) is 0 Å². The standard InChI is InChI=1S/C23H38N3O5PS/c1-6-30-32(27,31-7-2)19-11-18-26(5)17-10-16-24-33(28,29)23-15-9-12-20-21(23)13-8-14-22(20)25(3)4/h8-9,12-15,24H,6-7,10-11,16-19H2,1-5H3. The van der Waals surface area contributed by atoms with Crippen LogP contribution in [0.3, 0.4) is 0 Å². The molecule has 33 heavy (non-hydrogen) atoms. The summed E-state index contributed by atoms with van der Waals surface area (Å²) >= 11 is 0. The molecule has 10 heteroatoms. The summed E-state index contributed by atoms with van der Waals surface area (Å²) in [5.41, 5.74) is 0.976. The van der Waals surface area contributed by atoms with Crippen LogP contribution < -0.4 is 9.62 Å². The van der Waals surface area contributed by atoms with Crippen LogP contribution in [0.5, 0.6) is 0 Å². The van der Waals surface area contributed by atoms with Gasteiger partial charge in [0.15, 0.2) is 0 Å². The first kappa shape index (κ1) is 27.8. The molecule has 2 aromatic carbocycles. The van der Waals surface area contributed by atoms with E-state index >= 15 is 0 Å². The van der Waals surface area contributed by atoms with Crippen molar-refractivity contribution in [1.82, 2.24) is 9.62 Å². The Labute approximate surface area is 198 Å². The molecule has 0 spiro atoms. The summed E-state index contributed by atoms with van der Waals surface area (Å²) in [7, 11) is -0.798. The fourth-order valence-corrected chi connectivity index (χ4v) is 6.67. The molecule has 0 radical (unpaired) electrons. The molecular formula is C23H38N3O5PS. The molecule has 0 bridgehead atoms. The summed E-state index contributed by atoms with van der Waals surface area (Å²) in [6, 6.07) is 11.1. The number of anilines is 1. The van der Waals surface area contributed by atoms with Crippen LogP contribution in [-0.4, -0.2) is 73.5 Å². The molecule has 0 saturated carbocycles. The van der Waals surface area contributed by atoms with E-state index in [2.05, 4.69) is 9.62 Å². The van der Waals surface area contributed by atoms with Gasteiger partial charge >= 0.3 is 7.60 Å². The zero-order valence-electron chi connectivity index (χ0n) is 20.4. The van der Waals surface area contributed by atoms with E-state index < -0.39 is 17.6 Å². The maximum atomic E-state index is 13.0. The molecule has 0 amide bonds. The smallest absolute Gasteiger partial charge is 0.330 e. The number of nitrogens with one attached hydrogen (secondary N) is 1. The molecule has 0 heterocycles. The summed E-state index contributed by atoms with van der Waals surface area (Å²) in [6.07, 6.45) is 1.73. The normalized spacial score (nSPS) is 12.5. The van der Waals surface area contributed by atoms with Crippen LogP contribution in [-0.2, 0) is 23.6 Å². The maximum Gasteiger partial charge on any atom is 0.330 e. The van der Waals surface area contributed by atoms with Crippen molar-refractivity contribution < 1.29 is 22.0 Å². The monoisotopic (exact) mass is 499 g/mol. The largest absolute Gasteiger partial charge is 0.377 e. The Hall–Kier alpha value is -1.48. The van der Waals surface area contributed by atoms with Gasteiger partial charge in [0.25, 0.3) is 0 Å². The molecule has 0 unspecified atom stereocenters. The SMILES string of the molecule is CCOP(=O)(CCCN(C)CCCNS(=O)(=O)c1cccc2c(N(C)C)cccc12)OCC. The van der Waals surface area contributed by atoms with Crippen LogP contribution in [0.1, 0.15) is 26.7 Å². The minimum atomic E-state index is -3.63. The van der Waals surface area contributed by atoms with Gasteiger partial charge in [0.2, 0.25) is 10.0 Å². The van der Waals surface area contributed by atoms with Gasteiger partial charge in [-0.1, -0.05) is 24.3 Å². The van der Waals surface area contributed by atoms with Gasteiger partial charge < -0.3 is 18.8 Å². The lowest BCUT2D eigenvalue weighted by molar-refractivity contribution is 0.218. The Morgan fingerprint density at radius 2 is 1.52 bits per heavy atom.